The van der Waals surface area contributed by atoms with Crippen molar-refractivity contribution < 1.29 is 13.2 Å². The minimum Gasteiger partial charge on any atom is -0.456 e. The van der Waals surface area contributed by atoms with Crippen molar-refractivity contribution in [2.24, 2.45) is 0 Å². The highest BCUT2D eigenvalue weighted by molar-refractivity contribution is 5.78. The van der Waals surface area contributed by atoms with Crippen LogP contribution in [0.15, 0.2) is 52.9 Å². The van der Waals surface area contributed by atoms with Crippen molar-refractivity contribution in [3.63, 3.8) is 0 Å². The zero-order chi connectivity index (χ0) is 14.1. The number of fused-ring (bicyclic) bond motifs is 1. The standard InChI is InChI=1S/C16H13F2NO/c1-19-15(10-4-2-6-12(17)8-10)14-9-11-5-3-7-13(18)16(11)20-14/h2-9,15,19H,1H3. The van der Waals surface area contributed by atoms with Gasteiger partial charge in [-0.15, -0.1) is 0 Å². The monoisotopic (exact) mass is 273 g/mol. The van der Waals surface area contributed by atoms with Gasteiger partial charge < -0.3 is 9.73 Å². The van der Waals surface area contributed by atoms with E-state index in [2.05, 4.69) is 5.32 Å². The number of nitrogens with one attached hydrogen (secondary N) is 1. The van der Waals surface area contributed by atoms with Crippen molar-refractivity contribution >= 4 is 11.0 Å². The summed E-state index contributed by atoms with van der Waals surface area (Å²) in [5, 5.41) is 3.75. The normalized spacial score (nSPS) is 12.8. The van der Waals surface area contributed by atoms with E-state index in [0.717, 1.165) is 5.56 Å². The predicted molar refractivity (Wildman–Crippen MR) is 73.5 cm³/mol. The topological polar surface area (TPSA) is 25.2 Å². The molecule has 0 saturated heterocycles. The van der Waals surface area contributed by atoms with Crippen LogP contribution in [0.4, 0.5) is 8.78 Å². The van der Waals surface area contributed by atoms with Crippen LogP contribution in [0, 0.1) is 11.6 Å². The zero-order valence-electron chi connectivity index (χ0n) is 10.9. The van der Waals surface area contributed by atoms with Gasteiger partial charge in [0.15, 0.2) is 11.4 Å². The smallest absolute Gasteiger partial charge is 0.169 e. The Hall–Kier alpha value is -2.20. The van der Waals surface area contributed by atoms with E-state index in [1.807, 2.05) is 0 Å². The average Bonchev–Trinajstić information content (AvgIpc) is 2.85. The first kappa shape index (κ1) is 12.8. The summed E-state index contributed by atoms with van der Waals surface area (Å²) in [5.74, 6) is -0.161. The summed E-state index contributed by atoms with van der Waals surface area (Å²) in [4.78, 5) is 0. The first-order chi connectivity index (χ1) is 9.69. The Morgan fingerprint density at radius 2 is 1.85 bits per heavy atom. The molecule has 0 saturated carbocycles. The van der Waals surface area contributed by atoms with Crippen molar-refractivity contribution in [1.29, 1.82) is 0 Å². The summed E-state index contributed by atoms with van der Waals surface area (Å²) < 4.78 is 32.6. The zero-order valence-corrected chi connectivity index (χ0v) is 10.9. The second-order valence-corrected chi connectivity index (χ2v) is 4.58. The first-order valence-electron chi connectivity index (χ1n) is 6.29. The molecule has 0 amide bonds. The third-order valence-corrected chi connectivity index (χ3v) is 3.27. The maximum atomic E-state index is 13.7. The number of halogens is 2. The van der Waals surface area contributed by atoms with Crippen molar-refractivity contribution in [3.8, 4) is 0 Å². The van der Waals surface area contributed by atoms with E-state index in [0.29, 0.717) is 11.1 Å². The van der Waals surface area contributed by atoms with Gasteiger partial charge >= 0.3 is 0 Å². The summed E-state index contributed by atoms with van der Waals surface area (Å²) in [7, 11) is 1.75. The maximum absolute atomic E-state index is 13.7. The molecule has 1 aromatic heterocycles. The largest absolute Gasteiger partial charge is 0.456 e. The molecule has 102 valence electrons. The summed E-state index contributed by atoms with van der Waals surface area (Å²) in [6, 6.07) is 12.5. The van der Waals surface area contributed by atoms with Gasteiger partial charge in [0.25, 0.3) is 0 Å². The van der Waals surface area contributed by atoms with Crippen LogP contribution in [-0.2, 0) is 0 Å². The van der Waals surface area contributed by atoms with E-state index in [1.165, 1.54) is 18.2 Å². The van der Waals surface area contributed by atoms with Gasteiger partial charge in [-0.3, -0.25) is 0 Å². The Morgan fingerprint density at radius 1 is 1.05 bits per heavy atom. The lowest BCUT2D eigenvalue weighted by atomic mass is 10.0. The van der Waals surface area contributed by atoms with Crippen LogP contribution < -0.4 is 5.32 Å². The van der Waals surface area contributed by atoms with Crippen LogP contribution in [0.1, 0.15) is 17.4 Å². The van der Waals surface area contributed by atoms with Crippen molar-refractivity contribution in [3.05, 3.63) is 71.5 Å². The highest BCUT2D eigenvalue weighted by Gasteiger charge is 2.18. The molecule has 2 aromatic carbocycles. The average molecular weight is 273 g/mol. The fourth-order valence-corrected chi connectivity index (χ4v) is 2.35. The summed E-state index contributed by atoms with van der Waals surface area (Å²) >= 11 is 0. The van der Waals surface area contributed by atoms with Crippen LogP contribution in [-0.4, -0.2) is 7.05 Å². The summed E-state index contributed by atoms with van der Waals surface area (Å²) in [6.07, 6.45) is 0. The van der Waals surface area contributed by atoms with Crippen molar-refractivity contribution in [2.75, 3.05) is 7.05 Å². The SMILES string of the molecule is CNC(c1cccc(F)c1)c1cc2cccc(F)c2o1. The Bertz CT molecular complexity index is 751. The van der Waals surface area contributed by atoms with Crippen LogP contribution in [0.2, 0.25) is 0 Å². The molecule has 0 radical (unpaired) electrons. The second kappa shape index (κ2) is 5.06. The Balaban J connectivity index is 2.09. The molecule has 0 bridgehead atoms. The molecule has 0 aliphatic carbocycles. The van der Waals surface area contributed by atoms with Crippen LogP contribution in [0.25, 0.3) is 11.0 Å². The summed E-state index contributed by atoms with van der Waals surface area (Å²) in [5.41, 5.74) is 0.950. The van der Waals surface area contributed by atoms with E-state index >= 15 is 0 Å². The van der Waals surface area contributed by atoms with Crippen LogP contribution >= 0.6 is 0 Å². The number of rotatable bonds is 3. The molecule has 1 atom stereocenters. The Labute approximate surface area is 115 Å². The molecule has 3 aromatic rings. The third-order valence-electron chi connectivity index (χ3n) is 3.27. The first-order valence-corrected chi connectivity index (χ1v) is 6.29. The molecule has 1 unspecified atom stereocenters. The lowest BCUT2D eigenvalue weighted by Gasteiger charge is -2.13. The van der Waals surface area contributed by atoms with Gasteiger partial charge in [0.1, 0.15) is 11.6 Å². The fourth-order valence-electron chi connectivity index (χ4n) is 2.35. The number of furan rings is 1. The molecule has 0 spiro atoms. The number of hydrogen-bond acceptors (Lipinski definition) is 2. The predicted octanol–water partition coefficient (Wildman–Crippen LogP) is 4.02. The molecule has 20 heavy (non-hydrogen) atoms. The molecule has 1 heterocycles. The molecular formula is C16H13F2NO. The van der Waals surface area contributed by atoms with Gasteiger partial charge in [-0.25, -0.2) is 8.78 Å². The maximum Gasteiger partial charge on any atom is 0.169 e. The van der Waals surface area contributed by atoms with Gasteiger partial charge in [-0.05, 0) is 36.9 Å². The summed E-state index contributed by atoms with van der Waals surface area (Å²) in [6.45, 7) is 0. The molecular weight excluding hydrogens is 260 g/mol. The number of benzene rings is 2. The molecule has 0 aliphatic heterocycles. The van der Waals surface area contributed by atoms with E-state index < -0.39 is 5.82 Å². The third kappa shape index (κ3) is 2.18. The van der Waals surface area contributed by atoms with E-state index in [4.69, 9.17) is 4.42 Å². The lowest BCUT2D eigenvalue weighted by Crippen LogP contribution is -2.17. The van der Waals surface area contributed by atoms with Gasteiger partial charge in [-0.2, -0.15) is 0 Å². The Kier molecular flexibility index (Phi) is 3.24. The lowest BCUT2D eigenvalue weighted by molar-refractivity contribution is 0.475. The fraction of sp³-hybridized carbons (Fsp3) is 0.125. The quantitative estimate of drug-likeness (QED) is 0.779. The second-order valence-electron chi connectivity index (χ2n) is 4.58. The molecule has 0 aliphatic rings. The molecule has 2 nitrogen and oxygen atoms in total. The minimum atomic E-state index is -0.400. The Morgan fingerprint density at radius 3 is 2.55 bits per heavy atom. The van der Waals surface area contributed by atoms with Gasteiger partial charge in [0.2, 0.25) is 0 Å². The van der Waals surface area contributed by atoms with Gasteiger partial charge in [-0.1, -0.05) is 24.3 Å². The molecule has 1 N–H and O–H groups in total. The van der Waals surface area contributed by atoms with Crippen LogP contribution in [0.3, 0.4) is 0 Å². The molecule has 4 heteroatoms. The van der Waals surface area contributed by atoms with Crippen molar-refractivity contribution in [2.45, 2.75) is 6.04 Å². The minimum absolute atomic E-state index is 0.221. The van der Waals surface area contributed by atoms with Crippen molar-refractivity contribution in [1.82, 2.24) is 5.32 Å². The molecule has 3 rings (SSSR count). The molecule has 0 fully saturated rings. The van der Waals surface area contributed by atoms with E-state index in [1.54, 1.807) is 37.4 Å². The van der Waals surface area contributed by atoms with E-state index in [-0.39, 0.29) is 17.4 Å². The highest BCUT2D eigenvalue weighted by atomic mass is 19.1. The number of hydrogen-bond donors (Lipinski definition) is 1. The van der Waals surface area contributed by atoms with Gasteiger partial charge in [0.05, 0.1) is 6.04 Å². The number of para-hydroxylation sites is 1. The van der Waals surface area contributed by atoms with E-state index in [9.17, 15) is 8.78 Å². The van der Waals surface area contributed by atoms with Gasteiger partial charge in [0, 0.05) is 5.39 Å². The highest BCUT2D eigenvalue weighted by Crippen LogP contribution is 2.29. The van der Waals surface area contributed by atoms with Crippen LogP contribution in [0.5, 0.6) is 0 Å².